The summed E-state index contributed by atoms with van der Waals surface area (Å²) in [6.45, 7) is 2.66. The first-order valence-corrected chi connectivity index (χ1v) is 10.8. The van der Waals surface area contributed by atoms with Gasteiger partial charge in [-0.15, -0.1) is 0 Å². The number of thioether (sulfide) groups is 1. The van der Waals surface area contributed by atoms with E-state index in [1.165, 1.54) is 4.90 Å². The molecule has 3 aromatic rings. The van der Waals surface area contributed by atoms with Crippen LogP contribution in [0.5, 0.6) is 5.75 Å². The Balaban J connectivity index is 1.71. The van der Waals surface area contributed by atoms with Crippen LogP contribution in [0.4, 0.5) is 4.79 Å². The third kappa shape index (κ3) is 4.18. The van der Waals surface area contributed by atoms with Gasteiger partial charge in [0.05, 0.1) is 29.7 Å². The topological polar surface area (TPSA) is 70.4 Å². The fraction of sp³-hybridized carbons (Fsp3) is 0.160. The van der Waals surface area contributed by atoms with Gasteiger partial charge in [0, 0.05) is 5.56 Å². The minimum absolute atomic E-state index is 0.0699. The molecule has 1 heterocycles. The molecule has 31 heavy (non-hydrogen) atoms. The van der Waals surface area contributed by atoms with Crippen LogP contribution in [0, 0.1) is 11.3 Å². The Morgan fingerprint density at radius 3 is 2.65 bits per heavy atom. The molecular formula is C25H20N2O3S. The number of nitriles is 1. The van der Waals surface area contributed by atoms with Crippen molar-refractivity contribution in [3.8, 4) is 11.8 Å². The quantitative estimate of drug-likeness (QED) is 0.469. The molecule has 0 atom stereocenters. The Hall–Kier alpha value is -3.56. The van der Waals surface area contributed by atoms with Crippen molar-refractivity contribution in [1.29, 1.82) is 5.26 Å². The maximum absolute atomic E-state index is 13.1. The van der Waals surface area contributed by atoms with Gasteiger partial charge in [-0.1, -0.05) is 55.5 Å². The number of carbonyl (C=O) groups excluding carboxylic acids is 2. The maximum Gasteiger partial charge on any atom is 0.293 e. The lowest BCUT2D eigenvalue weighted by Gasteiger charge is -2.14. The lowest BCUT2D eigenvalue weighted by atomic mass is 10.0. The molecule has 0 N–H and O–H groups in total. The number of amides is 2. The van der Waals surface area contributed by atoms with E-state index in [4.69, 9.17) is 4.74 Å². The van der Waals surface area contributed by atoms with Crippen molar-refractivity contribution < 1.29 is 14.3 Å². The van der Waals surface area contributed by atoms with E-state index in [1.54, 1.807) is 30.3 Å². The van der Waals surface area contributed by atoms with Gasteiger partial charge in [-0.05, 0) is 52.7 Å². The largest absolute Gasteiger partial charge is 0.493 e. The van der Waals surface area contributed by atoms with Crippen LogP contribution >= 0.6 is 11.8 Å². The van der Waals surface area contributed by atoms with Crippen LogP contribution in [0.3, 0.4) is 0 Å². The number of nitrogens with zero attached hydrogens (tertiary/aromatic N) is 2. The average Bonchev–Trinajstić information content (AvgIpc) is 3.06. The van der Waals surface area contributed by atoms with Crippen molar-refractivity contribution in [2.24, 2.45) is 0 Å². The second-order valence-electron chi connectivity index (χ2n) is 7.08. The van der Waals surface area contributed by atoms with E-state index in [1.807, 2.05) is 43.3 Å². The molecule has 2 amide bonds. The Bertz CT molecular complexity index is 1240. The number of carbonyl (C=O) groups is 2. The van der Waals surface area contributed by atoms with Crippen molar-refractivity contribution >= 4 is 39.8 Å². The summed E-state index contributed by atoms with van der Waals surface area (Å²) >= 11 is 0.911. The average molecular weight is 429 g/mol. The lowest BCUT2D eigenvalue weighted by Crippen LogP contribution is -2.27. The van der Waals surface area contributed by atoms with Crippen molar-refractivity contribution in [2.45, 2.75) is 19.9 Å². The van der Waals surface area contributed by atoms with Crippen LogP contribution in [0.15, 0.2) is 65.6 Å². The molecule has 0 aliphatic carbocycles. The highest BCUT2D eigenvalue weighted by atomic mass is 32.2. The predicted octanol–water partition coefficient (Wildman–Crippen LogP) is 5.74. The summed E-state index contributed by atoms with van der Waals surface area (Å²) in [5.74, 6) is 0.319. The van der Waals surface area contributed by atoms with Gasteiger partial charge in [-0.25, -0.2) is 0 Å². The number of hydrogen-bond acceptors (Lipinski definition) is 5. The monoisotopic (exact) mass is 428 g/mol. The molecule has 4 rings (SSSR count). The molecule has 1 aliphatic heterocycles. The van der Waals surface area contributed by atoms with Gasteiger partial charge in [-0.3, -0.25) is 14.5 Å². The number of fused-ring (bicyclic) bond motifs is 1. The number of hydrogen-bond donors (Lipinski definition) is 0. The van der Waals surface area contributed by atoms with Crippen molar-refractivity contribution in [2.75, 3.05) is 6.61 Å². The zero-order valence-corrected chi connectivity index (χ0v) is 17.8. The molecule has 0 spiro atoms. The van der Waals surface area contributed by atoms with E-state index in [0.717, 1.165) is 34.5 Å². The van der Waals surface area contributed by atoms with Crippen LogP contribution in [0.1, 0.15) is 30.0 Å². The Kier molecular flexibility index (Phi) is 6.06. The summed E-state index contributed by atoms with van der Waals surface area (Å²) in [5, 5.41) is 10.9. The fourth-order valence-electron chi connectivity index (χ4n) is 3.47. The summed E-state index contributed by atoms with van der Waals surface area (Å²) in [6.07, 6.45) is 2.61. The molecule has 1 aliphatic rings. The minimum atomic E-state index is -0.364. The first kappa shape index (κ1) is 20.7. The molecule has 1 fully saturated rings. The highest BCUT2D eigenvalue weighted by molar-refractivity contribution is 8.18. The molecule has 0 aromatic heterocycles. The van der Waals surface area contributed by atoms with Crippen molar-refractivity contribution in [3.05, 3.63) is 82.3 Å². The molecule has 154 valence electrons. The SMILES string of the molecule is CCCOc1ccc2ccccc2c1C=C1SC(=O)N(Cc2ccccc2C#N)C1=O. The molecular weight excluding hydrogens is 408 g/mol. The fourth-order valence-corrected chi connectivity index (χ4v) is 4.29. The van der Waals surface area contributed by atoms with Gasteiger partial charge in [0.1, 0.15) is 5.75 Å². The highest BCUT2D eigenvalue weighted by Gasteiger charge is 2.35. The van der Waals surface area contributed by atoms with Crippen molar-refractivity contribution in [3.63, 3.8) is 0 Å². The Morgan fingerprint density at radius 2 is 1.84 bits per heavy atom. The second kappa shape index (κ2) is 9.07. The van der Waals surface area contributed by atoms with Gasteiger partial charge in [0.25, 0.3) is 11.1 Å². The van der Waals surface area contributed by atoms with E-state index in [9.17, 15) is 14.9 Å². The smallest absolute Gasteiger partial charge is 0.293 e. The Morgan fingerprint density at radius 1 is 1.06 bits per heavy atom. The van der Waals surface area contributed by atoms with E-state index in [2.05, 4.69) is 6.07 Å². The highest BCUT2D eigenvalue weighted by Crippen LogP contribution is 2.37. The van der Waals surface area contributed by atoms with E-state index >= 15 is 0 Å². The van der Waals surface area contributed by atoms with Gasteiger partial charge in [0.15, 0.2) is 0 Å². The lowest BCUT2D eigenvalue weighted by molar-refractivity contribution is -0.123. The predicted molar refractivity (Wildman–Crippen MR) is 122 cm³/mol. The maximum atomic E-state index is 13.1. The van der Waals surface area contributed by atoms with Crippen LogP contribution in [0.2, 0.25) is 0 Å². The molecule has 0 radical (unpaired) electrons. The van der Waals surface area contributed by atoms with Gasteiger partial charge < -0.3 is 4.74 Å². The van der Waals surface area contributed by atoms with Gasteiger partial charge in [0.2, 0.25) is 0 Å². The molecule has 3 aromatic carbocycles. The van der Waals surface area contributed by atoms with Crippen LogP contribution in [0.25, 0.3) is 16.8 Å². The molecule has 5 nitrogen and oxygen atoms in total. The minimum Gasteiger partial charge on any atom is -0.493 e. The third-order valence-electron chi connectivity index (χ3n) is 5.01. The van der Waals surface area contributed by atoms with Crippen LogP contribution < -0.4 is 4.74 Å². The molecule has 0 saturated carbocycles. The first-order chi connectivity index (χ1) is 15.1. The number of imide groups is 1. The van der Waals surface area contributed by atoms with E-state index < -0.39 is 0 Å². The summed E-state index contributed by atoms with van der Waals surface area (Å²) in [5.41, 5.74) is 1.88. The first-order valence-electron chi connectivity index (χ1n) is 10.00. The Labute approximate surface area is 184 Å². The molecule has 0 bridgehead atoms. The van der Waals surface area contributed by atoms with Gasteiger partial charge >= 0.3 is 0 Å². The number of benzene rings is 3. The second-order valence-corrected chi connectivity index (χ2v) is 8.08. The van der Waals surface area contributed by atoms with Crippen LogP contribution in [-0.4, -0.2) is 22.7 Å². The number of rotatable bonds is 6. The van der Waals surface area contributed by atoms with Gasteiger partial charge in [-0.2, -0.15) is 5.26 Å². The third-order valence-corrected chi connectivity index (χ3v) is 5.92. The normalized spacial score (nSPS) is 15.0. The van der Waals surface area contributed by atoms with E-state index in [0.29, 0.717) is 28.4 Å². The van der Waals surface area contributed by atoms with Crippen LogP contribution in [-0.2, 0) is 11.3 Å². The molecule has 0 unspecified atom stereocenters. The zero-order chi connectivity index (χ0) is 21.8. The summed E-state index contributed by atoms with van der Waals surface area (Å²) in [6, 6.07) is 20.9. The van der Waals surface area contributed by atoms with Crippen molar-refractivity contribution in [1.82, 2.24) is 4.90 Å². The summed E-state index contributed by atoms with van der Waals surface area (Å²) < 4.78 is 5.92. The summed E-state index contributed by atoms with van der Waals surface area (Å²) in [4.78, 5) is 27.2. The molecule has 1 saturated heterocycles. The number of ether oxygens (including phenoxy) is 1. The molecule has 6 heteroatoms. The standard InChI is InChI=1S/C25H20N2O3S/c1-2-13-30-22-12-11-17-7-5-6-10-20(17)21(22)14-23-24(28)27(25(29)31-23)16-19-9-4-3-8-18(19)15-26/h3-12,14H,2,13,16H2,1H3. The zero-order valence-electron chi connectivity index (χ0n) is 17.0. The summed E-state index contributed by atoms with van der Waals surface area (Å²) in [7, 11) is 0. The van der Waals surface area contributed by atoms with E-state index in [-0.39, 0.29) is 17.7 Å².